The molecular formula is C29H28N2O5S. The zero-order valence-corrected chi connectivity index (χ0v) is 21.8. The molecule has 0 spiro atoms. The maximum absolute atomic E-state index is 13.0. The highest BCUT2D eigenvalue weighted by molar-refractivity contribution is 8.18. The van der Waals surface area contributed by atoms with Crippen LogP contribution in [0.15, 0.2) is 71.6 Å². The summed E-state index contributed by atoms with van der Waals surface area (Å²) in [6, 6.07) is 20.4. The van der Waals surface area contributed by atoms with Crippen LogP contribution in [-0.4, -0.2) is 35.2 Å². The van der Waals surface area contributed by atoms with Gasteiger partial charge in [-0.15, -0.1) is 0 Å². The molecule has 0 unspecified atom stereocenters. The van der Waals surface area contributed by atoms with Crippen LogP contribution in [0.3, 0.4) is 0 Å². The smallest absolute Gasteiger partial charge is 0.293 e. The molecule has 1 heterocycles. The maximum atomic E-state index is 13.0. The molecule has 0 bridgehead atoms. The molecule has 0 atom stereocenters. The van der Waals surface area contributed by atoms with Crippen LogP contribution in [0, 0.1) is 13.8 Å². The standard InChI is InChI=1S/C29H28N2O5S/c1-4-35-25-15-21(13-14-24(25)36-18-27(32)30-23-12-8-6-10-20(23)3)16-26-28(33)31(29(34)37-26)17-22-11-7-5-9-19(22)2/h5-16H,4,17-18H2,1-3H3,(H,30,32)/b26-16-. The summed E-state index contributed by atoms with van der Waals surface area (Å²) in [5.74, 6) is 0.234. The first kappa shape index (κ1) is 26.0. The van der Waals surface area contributed by atoms with Crippen LogP contribution in [0.2, 0.25) is 0 Å². The molecule has 190 valence electrons. The van der Waals surface area contributed by atoms with Crippen molar-refractivity contribution in [3.63, 3.8) is 0 Å². The number of aryl methyl sites for hydroxylation is 2. The van der Waals surface area contributed by atoms with Crippen LogP contribution >= 0.6 is 11.8 Å². The first-order valence-corrected chi connectivity index (χ1v) is 12.7. The predicted molar refractivity (Wildman–Crippen MR) is 146 cm³/mol. The third kappa shape index (κ3) is 6.40. The summed E-state index contributed by atoms with van der Waals surface area (Å²) in [5.41, 5.74) is 4.32. The second-order valence-electron chi connectivity index (χ2n) is 8.49. The monoisotopic (exact) mass is 516 g/mol. The molecule has 1 aliphatic rings. The van der Waals surface area contributed by atoms with E-state index < -0.39 is 0 Å². The number of para-hydroxylation sites is 1. The van der Waals surface area contributed by atoms with Gasteiger partial charge in [-0.1, -0.05) is 48.5 Å². The van der Waals surface area contributed by atoms with Gasteiger partial charge in [-0.2, -0.15) is 0 Å². The highest BCUT2D eigenvalue weighted by Gasteiger charge is 2.35. The van der Waals surface area contributed by atoms with Crippen LogP contribution in [0.25, 0.3) is 6.08 Å². The number of thioether (sulfide) groups is 1. The van der Waals surface area contributed by atoms with E-state index in [4.69, 9.17) is 9.47 Å². The number of rotatable bonds is 9. The normalized spacial score (nSPS) is 14.2. The van der Waals surface area contributed by atoms with Crippen molar-refractivity contribution in [2.24, 2.45) is 0 Å². The number of hydrogen-bond acceptors (Lipinski definition) is 6. The minimum absolute atomic E-state index is 0.189. The van der Waals surface area contributed by atoms with Crippen LogP contribution < -0.4 is 14.8 Å². The van der Waals surface area contributed by atoms with Gasteiger partial charge < -0.3 is 14.8 Å². The lowest BCUT2D eigenvalue weighted by atomic mass is 10.1. The molecule has 37 heavy (non-hydrogen) atoms. The van der Waals surface area contributed by atoms with E-state index in [2.05, 4.69) is 5.32 Å². The van der Waals surface area contributed by atoms with Gasteiger partial charge in [0.15, 0.2) is 18.1 Å². The van der Waals surface area contributed by atoms with Gasteiger partial charge in [0, 0.05) is 5.69 Å². The molecule has 1 fully saturated rings. The lowest BCUT2D eigenvalue weighted by Crippen LogP contribution is -2.27. The van der Waals surface area contributed by atoms with Gasteiger partial charge >= 0.3 is 0 Å². The average Bonchev–Trinajstić information content (AvgIpc) is 3.13. The minimum Gasteiger partial charge on any atom is -0.490 e. The summed E-state index contributed by atoms with van der Waals surface area (Å²) in [7, 11) is 0. The van der Waals surface area contributed by atoms with E-state index >= 15 is 0 Å². The van der Waals surface area contributed by atoms with Crippen LogP contribution in [-0.2, 0) is 16.1 Å². The first-order valence-electron chi connectivity index (χ1n) is 11.9. The topological polar surface area (TPSA) is 84.9 Å². The van der Waals surface area contributed by atoms with Gasteiger partial charge in [0.1, 0.15) is 0 Å². The number of carbonyl (C=O) groups excluding carboxylic acids is 3. The molecule has 1 saturated heterocycles. The predicted octanol–water partition coefficient (Wildman–Crippen LogP) is 5.96. The number of ether oxygens (including phenoxy) is 2. The molecule has 0 radical (unpaired) electrons. The van der Waals surface area contributed by atoms with Gasteiger partial charge in [0.25, 0.3) is 17.1 Å². The second-order valence-corrected chi connectivity index (χ2v) is 9.48. The molecule has 3 aromatic rings. The van der Waals surface area contributed by atoms with E-state index in [1.54, 1.807) is 24.3 Å². The number of amides is 3. The Kier molecular flexibility index (Phi) is 8.30. The molecule has 3 aromatic carbocycles. The highest BCUT2D eigenvalue weighted by atomic mass is 32.2. The van der Waals surface area contributed by atoms with Gasteiger partial charge in [0.05, 0.1) is 18.1 Å². The summed E-state index contributed by atoms with van der Waals surface area (Å²) in [5, 5.41) is 2.53. The molecule has 0 aromatic heterocycles. The SMILES string of the molecule is CCOc1cc(/C=C2\SC(=O)N(Cc3ccccc3C)C2=O)ccc1OCC(=O)Nc1ccccc1C. The van der Waals surface area contributed by atoms with E-state index in [1.165, 1.54) is 4.90 Å². The molecule has 1 aliphatic heterocycles. The molecule has 3 amide bonds. The Labute approximate surface area is 220 Å². The summed E-state index contributed by atoms with van der Waals surface area (Å²) >= 11 is 0.915. The Morgan fingerprint density at radius 3 is 2.41 bits per heavy atom. The number of benzene rings is 3. The molecule has 0 aliphatic carbocycles. The fraction of sp³-hybridized carbons (Fsp3) is 0.207. The second kappa shape index (κ2) is 11.8. The fourth-order valence-corrected chi connectivity index (χ4v) is 4.63. The number of imide groups is 1. The zero-order chi connectivity index (χ0) is 26.4. The van der Waals surface area contributed by atoms with Crippen molar-refractivity contribution in [2.45, 2.75) is 27.3 Å². The van der Waals surface area contributed by atoms with E-state index in [9.17, 15) is 14.4 Å². The molecule has 7 nitrogen and oxygen atoms in total. The average molecular weight is 517 g/mol. The Hall–Kier alpha value is -4.04. The molecular weight excluding hydrogens is 488 g/mol. The third-order valence-corrected chi connectivity index (χ3v) is 6.71. The van der Waals surface area contributed by atoms with E-state index in [-0.39, 0.29) is 30.2 Å². The van der Waals surface area contributed by atoms with Crippen molar-refractivity contribution < 1.29 is 23.9 Å². The Morgan fingerprint density at radius 2 is 1.68 bits per heavy atom. The first-order chi connectivity index (χ1) is 17.9. The van der Waals surface area contributed by atoms with E-state index in [0.717, 1.165) is 34.1 Å². The van der Waals surface area contributed by atoms with Crippen LogP contribution in [0.1, 0.15) is 29.2 Å². The number of carbonyl (C=O) groups is 3. The van der Waals surface area contributed by atoms with Gasteiger partial charge in [-0.25, -0.2) is 0 Å². The van der Waals surface area contributed by atoms with Gasteiger partial charge in [-0.05, 0) is 79.1 Å². The Bertz CT molecular complexity index is 1370. The maximum Gasteiger partial charge on any atom is 0.293 e. The number of hydrogen-bond donors (Lipinski definition) is 1. The minimum atomic E-state index is -0.329. The summed E-state index contributed by atoms with van der Waals surface area (Å²) < 4.78 is 11.4. The Balaban J connectivity index is 1.45. The number of anilines is 1. The molecule has 0 saturated carbocycles. The van der Waals surface area contributed by atoms with Gasteiger partial charge in [-0.3, -0.25) is 19.3 Å². The van der Waals surface area contributed by atoms with Crippen LogP contribution in [0.5, 0.6) is 11.5 Å². The zero-order valence-electron chi connectivity index (χ0n) is 20.9. The van der Waals surface area contributed by atoms with Gasteiger partial charge in [0.2, 0.25) is 0 Å². The lowest BCUT2D eigenvalue weighted by Gasteiger charge is -2.14. The van der Waals surface area contributed by atoms with Crippen molar-refractivity contribution in [3.8, 4) is 11.5 Å². The number of nitrogens with zero attached hydrogens (tertiary/aromatic N) is 1. The molecule has 8 heteroatoms. The lowest BCUT2D eigenvalue weighted by molar-refractivity contribution is -0.123. The molecule has 4 rings (SSSR count). The largest absolute Gasteiger partial charge is 0.490 e. The summed E-state index contributed by atoms with van der Waals surface area (Å²) in [4.78, 5) is 39.5. The van der Waals surface area contributed by atoms with Crippen molar-refractivity contribution in [1.29, 1.82) is 0 Å². The van der Waals surface area contributed by atoms with Crippen LogP contribution in [0.4, 0.5) is 10.5 Å². The highest BCUT2D eigenvalue weighted by Crippen LogP contribution is 2.35. The quantitative estimate of drug-likeness (QED) is 0.354. The van der Waals surface area contributed by atoms with E-state index in [0.29, 0.717) is 28.6 Å². The summed E-state index contributed by atoms with van der Waals surface area (Å²) in [6.45, 7) is 6.15. The fourth-order valence-electron chi connectivity index (χ4n) is 3.79. The third-order valence-electron chi connectivity index (χ3n) is 5.81. The van der Waals surface area contributed by atoms with Crippen molar-refractivity contribution in [2.75, 3.05) is 18.5 Å². The molecule has 1 N–H and O–H groups in total. The van der Waals surface area contributed by atoms with Crippen molar-refractivity contribution in [3.05, 3.63) is 93.9 Å². The van der Waals surface area contributed by atoms with E-state index in [1.807, 2.05) is 69.3 Å². The number of nitrogens with one attached hydrogen (secondary N) is 1. The van der Waals surface area contributed by atoms with Crippen molar-refractivity contribution in [1.82, 2.24) is 4.90 Å². The summed E-state index contributed by atoms with van der Waals surface area (Å²) in [6.07, 6.45) is 1.67. The Morgan fingerprint density at radius 1 is 0.946 bits per heavy atom. The van der Waals surface area contributed by atoms with Crippen molar-refractivity contribution >= 4 is 40.6 Å².